The van der Waals surface area contributed by atoms with Crippen LogP contribution in [0, 0.1) is 5.92 Å². The Morgan fingerprint density at radius 2 is 2.21 bits per heavy atom. The Hall–Kier alpha value is -1.69. The molecule has 1 aromatic rings. The van der Waals surface area contributed by atoms with E-state index >= 15 is 0 Å². The molecule has 2 atom stereocenters. The van der Waals surface area contributed by atoms with Crippen LogP contribution in [-0.4, -0.2) is 28.5 Å². The van der Waals surface area contributed by atoms with Crippen LogP contribution in [-0.2, 0) is 4.79 Å². The predicted molar refractivity (Wildman–Crippen MR) is 76.2 cm³/mol. The molecular formula is C13H17N3O2S. The number of amidine groups is 1. The summed E-state index contributed by atoms with van der Waals surface area (Å²) in [4.78, 5) is 12.1. The Morgan fingerprint density at radius 3 is 2.79 bits per heavy atom. The van der Waals surface area contributed by atoms with Gasteiger partial charge in [-0.2, -0.15) is 11.8 Å². The van der Waals surface area contributed by atoms with Gasteiger partial charge in [0.25, 0.3) is 0 Å². The normalized spacial score (nSPS) is 21.1. The maximum absolute atomic E-state index is 12.1. The molecule has 0 bridgehead atoms. The van der Waals surface area contributed by atoms with E-state index in [1.165, 1.54) is 0 Å². The number of nitrogens with two attached hydrogens (primary N) is 1. The third-order valence-electron chi connectivity index (χ3n) is 3.13. The molecule has 1 fully saturated rings. The third-order valence-corrected chi connectivity index (χ3v) is 4.29. The number of carbonyl (C=O) groups excluding carboxylic acids is 1. The fourth-order valence-corrected chi connectivity index (χ4v) is 3.25. The predicted octanol–water partition coefficient (Wildman–Crippen LogP) is 1.34. The average molecular weight is 279 g/mol. The fourth-order valence-electron chi connectivity index (χ4n) is 2.03. The summed E-state index contributed by atoms with van der Waals surface area (Å²) < 4.78 is 0. The fraction of sp³-hybridized carbons (Fsp3) is 0.385. The molecule has 19 heavy (non-hydrogen) atoms. The van der Waals surface area contributed by atoms with Crippen molar-refractivity contribution in [2.75, 3.05) is 11.5 Å². The van der Waals surface area contributed by atoms with Crippen molar-refractivity contribution in [3.8, 4) is 0 Å². The number of thioether (sulfide) groups is 1. The molecule has 1 amide bonds. The molecule has 1 aromatic carbocycles. The highest BCUT2D eigenvalue weighted by molar-refractivity contribution is 7.99. The highest BCUT2D eigenvalue weighted by atomic mass is 32.2. The average Bonchev–Trinajstić information content (AvgIpc) is 2.99. The van der Waals surface area contributed by atoms with E-state index in [4.69, 9.17) is 10.9 Å². The summed E-state index contributed by atoms with van der Waals surface area (Å²) >= 11 is 1.78. The molecule has 0 radical (unpaired) electrons. The second-order valence-electron chi connectivity index (χ2n) is 4.44. The summed E-state index contributed by atoms with van der Waals surface area (Å²) in [6.07, 6.45) is 0.883. The Kier molecular flexibility index (Phi) is 4.68. The van der Waals surface area contributed by atoms with Gasteiger partial charge in [0.05, 0.1) is 0 Å². The van der Waals surface area contributed by atoms with Crippen LogP contribution in [0.1, 0.15) is 18.0 Å². The molecule has 0 aliphatic carbocycles. The minimum Gasteiger partial charge on any atom is -0.409 e. The number of hydrogen-bond donors (Lipinski definition) is 3. The molecule has 0 spiro atoms. The highest BCUT2D eigenvalue weighted by Gasteiger charge is 2.27. The van der Waals surface area contributed by atoms with Crippen molar-refractivity contribution >= 4 is 23.5 Å². The van der Waals surface area contributed by atoms with Gasteiger partial charge < -0.3 is 16.3 Å². The largest absolute Gasteiger partial charge is 0.409 e. The number of carbonyl (C=O) groups is 1. The van der Waals surface area contributed by atoms with Gasteiger partial charge in [0.15, 0.2) is 5.84 Å². The summed E-state index contributed by atoms with van der Waals surface area (Å²) in [5.74, 6) is 1.82. The molecule has 102 valence electrons. The van der Waals surface area contributed by atoms with E-state index in [1.807, 2.05) is 30.3 Å². The van der Waals surface area contributed by atoms with Crippen LogP contribution < -0.4 is 11.1 Å². The zero-order valence-electron chi connectivity index (χ0n) is 10.5. The molecule has 2 rings (SSSR count). The number of nitrogens with one attached hydrogen (secondary N) is 1. The zero-order chi connectivity index (χ0) is 13.7. The quantitative estimate of drug-likeness (QED) is 0.336. The van der Waals surface area contributed by atoms with Crippen LogP contribution in [0.3, 0.4) is 0 Å². The summed E-state index contributed by atoms with van der Waals surface area (Å²) in [5.41, 5.74) is 6.48. The lowest BCUT2D eigenvalue weighted by atomic mass is 10.0. The number of rotatable bonds is 4. The van der Waals surface area contributed by atoms with Gasteiger partial charge in [0.1, 0.15) is 6.04 Å². The van der Waals surface area contributed by atoms with Crippen molar-refractivity contribution in [2.24, 2.45) is 16.8 Å². The minimum atomic E-state index is -0.579. The molecule has 5 nitrogen and oxygen atoms in total. The Bertz CT molecular complexity index is 458. The van der Waals surface area contributed by atoms with Crippen LogP contribution in [0.25, 0.3) is 0 Å². The Balaban J connectivity index is 2.12. The lowest BCUT2D eigenvalue weighted by Crippen LogP contribution is -2.40. The van der Waals surface area contributed by atoms with E-state index in [1.54, 1.807) is 11.8 Å². The third kappa shape index (κ3) is 3.41. The van der Waals surface area contributed by atoms with Gasteiger partial charge in [-0.25, -0.2) is 0 Å². The molecule has 1 saturated heterocycles. The van der Waals surface area contributed by atoms with E-state index in [0.29, 0.717) is 0 Å². The van der Waals surface area contributed by atoms with E-state index in [9.17, 15) is 4.79 Å². The SMILES string of the molecule is NC(=NO)C(NC(=O)C1CCSC1)c1ccccc1. The molecule has 1 heterocycles. The first-order valence-electron chi connectivity index (χ1n) is 6.13. The Labute approximate surface area is 116 Å². The lowest BCUT2D eigenvalue weighted by Gasteiger charge is -2.19. The monoisotopic (exact) mass is 279 g/mol. The maximum Gasteiger partial charge on any atom is 0.224 e. The van der Waals surface area contributed by atoms with E-state index in [-0.39, 0.29) is 17.7 Å². The first-order valence-corrected chi connectivity index (χ1v) is 7.28. The van der Waals surface area contributed by atoms with Gasteiger partial charge in [-0.1, -0.05) is 35.5 Å². The molecular weight excluding hydrogens is 262 g/mol. The van der Waals surface area contributed by atoms with Crippen molar-refractivity contribution in [1.29, 1.82) is 0 Å². The standard InChI is InChI=1S/C13H17N3O2S/c14-12(16-18)11(9-4-2-1-3-5-9)15-13(17)10-6-7-19-8-10/h1-5,10-11,18H,6-8H2,(H2,14,16)(H,15,17). The first-order chi connectivity index (χ1) is 9.22. The second-order valence-corrected chi connectivity index (χ2v) is 5.59. The van der Waals surface area contributed by atoms with Gasteiger partial charge in [-0.3, -0.25) is 4.79 Å². The van der Waals surface area contributed by atoms with Crippen LogP contribution in [0.2, 0.25) is 0 Å². The summed E-state index contributed by atoms with van der Waals surface area (Å²) in [5, 5.41) is 14.7. The molecule has 6 heteroatoms. The van der Waals surface area contributed by atoms with Crippen molar-refractivity contribution in [1.82, 2.24) is 5.32 Å². The number of benzene rings is 1. The summed E-state index contributed by atoms with van der Waals surface area (Å²) in [7, 11) is 0. The van der Waals surface area contributed by atoms with Crippen molar-refractivity contribution in [3.63, 3.8) is 0 Å². The van der Waals surface area contributed by atoms with Crippen LogP contribution >= 0.6 is 11.8 Å². The molecule has 0 saturated carbocycles. The van der Waals surface area contributed by atoms with Crippen LogP contribution in [0.4, 0.5) is 0 Å². The zero-order valence-corrected chi connectivity index (χ0v) is 11.3. The second kappa shape index (κ2) is 6.47. The molecule has 0 aromatic heterocycles. The lowest BCUT2D eigenvalue weighted by molar-refractivity contribution is -0.124. The molecule has 4 N–H and O–H groups in total. The van der Waals surface area contributed by atoms with Crippen molar-refractivity contribution in [3.05, 3.63) is 35.9 Å². The highest BCUT2D eigenvalue weighted by Crippen LogP contribution is 2.24. The van der Waals surface area contributed by atoms with Crippen molar-refractivity contribution < 1.29 is 10.0 Å². The van der Waals surface area contributed by atoms with Gasteiger partial charge >= 0.3 is 0 Å². The van der Waals surface area contributed by atoms with Gasteiger partial charge in [-0.15, -0.1) is 0 Å². The van der Waals surface area contributed by atoms with Crippen LogP contribution in [0.5, 0.6) is 0 Å². The van der Waals surface area contributed by atoms with E-state index in [0.717, 1.165) is 23.5 Å². The Morgan fingerprint density at radius 1 is 1.47 bits per heavy atom. The minimum absolute atomic E-state index is 0.00907. The first kappa shape index (κ1) is 13.7. The van der Waals surface area contributed by atoms with Gasteiger partial charge in [0.2, 0.25) is 5.91 Å². The number of nitrogens with zero attached hydrogens (tertiary/aromatic N) is 1. The maximum atomic E-state index is 12.1. The van der Waals surface area contributed by atoms with E-state index < -0.39 is 6.04 Å². The van der Waals surface area contributed by atoms with E-state index in [2.05, 4.69) is 10.5 Å². The smallest absolute Gasteiger partial charge is 0.224 e. The number of oxime groups is 1. The van der Waals surface area contributed by atoms with Crippen molar-refractivity contribution in [2.45, 2.75) is 12.5 Å². The number of amides is 1. The molecule has 1 aliphatic rings. The summed E-state index contributed by atoms with van der Waals surface area (Å²) in [6.45, 7) is 0. The molecule has 2 unspecified atom stereocenters. The molecule has 1 aliphatic heterocycles. The van der Waals surface area contributed by atoms with Gasteiger partial charge in [-0.05, 0) is 17.7 Å². The summed E-state index contributed by atoms with van der Waals surface area (Å²) in [6, 6.07) is 8.68. The van der Waals surface area contributed by atoms with Gasteiger partial charge in [0, 0.05) is 11.7 Å². The topological polar surface area (TPSA) is 87.7 Å². The van der Waals surface area contributed by atoms with Crippen LogP contribution in [0.15, 0.2) is 35.5 Å². The number of hydrogen-bond acceptors (Lipinski definition) is 4.